The van der Waals surface area contributed by atoms with Gasteiger partial charge in [-0.15, -0.1) is 0 Å². The van der Waals surface area contributed by atoms with Crippen molar-refractivity contribution in [2.45, 2.75) is 64.1 Å². The van der Waals surface area contributed by atoms with Crippen molar-refractivity contribution >= 4 is 0 Å². The molecule has 2 atom stereocenters. The highest BCUT2D eigenvalue weighted by atomic mass is 15.2. The van der Waals surface area contributed by atoms with Crippen LogP contribution in [0, 0.1) is 0 Å². The topological polar surface area (TPSA) is 42.2 Å². The van der Waals surface area contributed by atoms with Crippen molar-refractivity contribution in [3.63, 3.8) is 0 Å². The van der Waals surface area contributed by atoms with E-state index in [0.717, 1.165) is 6.54 Å². The second kappa shape index (κ2) is 7.01. The van der Waals surface area contributed by atoms with E-state index >= 15 is 0 Å². The lowest BCUT2D eigenvalue weighted by Crippen LogP contribution is -2.45. The van der Waals surface area contributed by atoms with Crippen molar-refractivity contribution in [1.82, 2.24) is 9.88 Å². The van der Waals surface area contributed by atoms with Gasteiger partial charge in [0.1, 0.15) is 0 Å². The summed E-state index contributed by atoms with van der Waals surface area (Å²) >= 11 is 0. The molecule has 106 valence electrons. The molecule has 0 aliphatic heterocycles. The van der Waals surface area contributed by atoms with Gasteiger partial charge >= 0.3 is 0 Å². The van der Waals surface area contributed by atoms with Crippen molar-refractivity contribution in [1.29, 1.82) is 0 Å². The predicted octanol–water partition coefficient (Wildman–Crippen LogP) is 3.12. The SMILES string of the molecule is CCN(C1CCCCC1)C(c1cccnc1)C(C)N. The van der Waals surface area contributed by atoms with Crippen LogP contribution in [0.25, 0.3) is 0 Å². The standard InChI is InChI=1S/C16H27N3/c1-3-19(15-9-5-4-6-10-15)16(13(2)17)14-8-7-11-18-12-14/h7-8,11-13,15-16H,3-6,9-10,17H2,1-2H3. The van der Waals surface area contributed by atoms with E-state index in [1.807, 2.05) is 18.5 Å². The number of aromatic nitrogens is 1. The van der Waals surface area contributed by atoms with E-state index in [4.69, 9.17) is 5.73 Å². The zero-order chi connectivity index (χ0) is 13.7. The first-order chi connectivity index (χ1) is 9.24. The fourth-order valence-corrected chi connectivity index (χ4v) is 3.44. The Kier molecular flexibility index (Phi) is 5.34. The maximum absolute atomic E-state index is 6.28. The molecule has 0 saturated heterocycles. The van der Waals surface area contributed by atoms with E-state index < -0.39 is 0 Å². The van der Waals surface area contributed by atoms with Crippen LogP contribution in [0.1, 0.15) is 57.6 Å². The third-order valence-corrected chi connectivity index (χ3v) is 4.29. The minimum Gasteiger partial charge on any atom is -0.326 e. The van der Waals surface area contributed by atoms with Crippen molar-refractivity contribution < 1.29 is 0 Å². The number of rotatable bonds is 5. The molecule has 1 heterocycles. The lowest BCUT2D eigenvalue weighted by atomic mass is 9.90. The maximum Gasteiger partial charge on any atom is 0.0514 e. The van der Waals surface area contributed by atoms with Gasteiger partial charge in [0.15, 0.2) is 0 Å². The van der Waals surface area contributed by atoms with Crippen LogP contribution in [0.2, 0.25) is 0 Å². The van der Waals surface area contributed by atoms with Crippen LogP contribution >= 0.6 is 0 Å². The molecular weight excluding hydrogens is 234 g/mol. The minimum absolute atomic E-state index is 0.131. The predicted molar refractivity (Wildman–Crippen MR) is 79.9 cm³/mol. The van der Waals surface area contributed by atoms with E-state index in [-0.39, 0.29) is 6.04 Å². The van der Waals surface area contributed by atoms with E-state index in [1.54, 1.807) is 0 Å². The lowest BCUT2D eigenvalue weighted by Gasteiger charge is -2.41. The van der Waals surface area contributed by atoms with Crippen molar-refractivity contribution in [3.8, 4) is 0 Å². The molecule has 1 aromatic rings. The third-order valence-electron chi connectivity index (χ3n) is 4.29. The molecule has 0 aromatic carbocycles. The van der Waals surface area contributed by atoms with Crippen molar-refractivity contribution in [2.75, 3.05) is 6.54 Å². The van der Waals surface area contributed by atoms with Crippen LogP contribution in [-0.2, 0) is 0 Å². The van der Waals surface area contributed by atoms with E-state index in [1.165, 1.54) is 37.7 Å². The summed E-state index contributed by atoms with van der Waals surface area (Å²) in [6.45, 7) is 5.43. The summed E-state index contributed by atoms with van der Waals surface area (Å²) < 4.78 is 0. The Morgan fingerprint density at radius 2 is 2.11 bits per heavy atom. The van der Waals surface area contributed by atoms with Gasteiger partial charge in [-0.3, -0.25) is 9.88 Å². The van der Waals surface area contributed by atoms with Gasteiger partial charge < -0.3 is 5.73 Å². The van der Waals surface area contributed by atoms with E-state index in [2.05, 4.69) is 29.8 Å². The maximum atomic E-state index is 6.28. The minimum atomic E-state index is 0.131. The third kappa shape index (κ3) is 3.54. The van der Waals surface area contributed by atoms with E-state index in [0.29, 0.717) is 12.1 Å². The van der Waals surface area contributed by atoms with Gasteiger partial charge in [0.05, 0.1) is 6.04 Å². The average Bonchev–Trinajstić information content (AvgIpc) is 2.46. The molecule has 2 unspecified atom stereocenters. The molecule has 1 aliphatic carbocycles. The highest BCUT2D eigenvalue weighted by Crippen LogP contribution is 2.31. The summed E-state index contributed by atoms with van der Waals surface area (Å²) in [5.41, 5.74) is 7.54. The second-order valence-corrected chi connectivity index (χ2v) is 5.71. The van der Waals surface area contributed by atoms with Crippen molar-refractivity contribution in [3.05, 3.63) is 30.1 Å². The van der Waals surface area contributed by atoms with Gasteiger partial charge in [-0.05, 0) is 37.9 Å². The molecule has 1 fully saturated rings. The zero-order valence-electron chi connectivity index (χ0n) is 12.3. The molecule has 2 rings (SSSR count). The summed E-state index contributed by atoms with van der Waals surface area (Å²) in [6.07, 6.45) is 10.6. The average molecular weight is 261 g/mol. The second-order valence-electron chi connectivity index (χ2n) is 5.71. The van der Waals surface area contributed by atoms with Crippen LogP contribution in [0.3, 0.4) is 0 Å². The summed E-state index contributed by atoms with van der Waals surface area (Å²) in [4.78, 5) is 6.87. The van der Waals surface area contributed by atoms with Gasteiger partial charge in [-0.25, -0.2) is 0 Å². The van der Waals surface area contributed by atoms with Crippen LogP contribution in [0.15, 0.2) is 24.5 Å². The highest BCUT2D eigenvalue weighted by molar-refractivity contribution is 5.16. The summed E-state index contributed by atoms with van der Waals surface area (Å²) in [7, 11) is 0. The molecule has 3 nitrogen and oxygen atoms in total. The first-order valence-corrected chi connectivity index (χ1v) is 7.65. The molecule has 19 heavy (non-hydrogen) atoms. The molecule has 0 spiro atoms. The number of pyridine rings is 1. The Hall–Kier alpha value is -0.930. The summed E-state index contributed by atoms with van der Waals surface area (Å²) in [5.74, 6) is 0. The Labute approximate surface area is 117 Å². The smallest absolute Gasteiger partial charge is 0.0514 e. The molecule has 2 N–H and O–H groups in total. The first kappa shape index (κ1) is 14.5. The number of nitrogens with two attached hydrogens (primary N) is 1. The number of hydrogen-bond acceptors (Lipinski definition) is 3. The van der Waals surface area contributed by atoms with Crippen molar-refractivity contribution in [2.24, 2.45) is 5.73 Å². The van der Waals surface area contributed by atoms with Crippen LogP contribution < -0.4 is 5.73 Å². The Morgan fingerprint density at radius 1 is 1.37 bits per heavy atom. The molecule has 0 radical (unpaired) electrons. The van der Waals surface area contributed by atoms with E-state index in [9.17, 15) is 0 Å². The van der Waals surface area contributed by atoms with Crippen LogP contribution in [-0.4, -0.2) is 28.5 Å². The quantitative estimate of drug-likeness (QED) is 0.885. The fourth-order valence-electron chi connectivity index (χ4n) is 3.44. The van der Waals surface area contributed by atoms with Gasteiger partial charge in [-0.1, -0.05) is 32.3 Å². The summed E-state index contributed by atoms with van der Waals surface area (Å²) in [6, 6.07) is 5.29. The van der Waals surface area contributed by atoms with Gasteiger partial charge in [-0.2, -0.15) is 0 Å². The fraction of sp³-hybridized carbons (Fsp3) is 0.688. The number of hydrogen-bond donors (Lipinski definition) is 1. The lowest BCUT2D eigenvalue weighted by molar-refractivity contribution is 0.0972. The number of likely N-dealkylation sites (N-methyl/N-ethyl adjacent to an activating group) is 1. The largest absolute Gasteiger partial charge is 0.326 e. The molecular formula is C16H27N3. The normalized spacial score (nSPS) is 20.4. The molecule has 1 aliphatic rings. The zero-order valence-corrected chi connectivity index (χ0v) is 12.3. The van der Waals surface area contributed by atoms with Gasteiger partial charge in [0.2, 0.25) is 0 Å². The molecule has 3 heteroatoms. The van der Waals surface area contributed by atoms with Crippen LogP contribution in [0.5, 0.6) is 0 Å². The monoisotopic (exact) mass is 261 g/mol. The molecule has 0 bridgehead atoms. The summed E-state index contributed by atoms with van der Waals surface area (Å²) in [5, 5.41) is 0. The molecule has 0 amide bonds. The van der Waals surface area contributed by atoms with Crippen LogP contribution in [0.4, 0.5) is 0 Å². The van der Waals surface area contributed by atoms with Gasteiger partial charge in [0, 0.05) is 24.5 Å². The highest BCUT2D eigenvalue weighted by Gasteiger charge is 2.29. The number of nitrogens with zero attached hydrogens (tertiary/aromatic N) is 2. The Balaban J connectivity index is 2.20. The Morgan fingerprint density at radius 3 is 2.63 bits per heavy atom. The molecule has 1 saturated carbocycles. The Bertz CT molecular complexity index is 358. The first-order valence-electron chi connectivity index (χ1n) is 7.65. The van der Waals surface area contributed by atoms with Gasteiger partial charge in [0.25, 0.3) is 0 Å². The molecule has 1 aromatic heterocycles.